The predicted molar refractivity (Wildman–Crippen MR) is 117 cm³/mol. The number of hydrogen-bond donors (Lipinski definition) is 3. The first-order valence-electron chi connectivity index (χ1n) is 10.9. The van der Waals surface area contributed by atoms with Crippen LogP contribution in [0.2, 0.25) is 0 Å². The number of nitrogens with zero attached hydrogens (tertiary/aromatic N) is 3. The van der Waals surface area contributed by atoms with Gasteiger partial charge in [-0.2, -0.15) is 13.2 Å². The number of aryl methyl sites for hydroxylation is 1. The van der Waals surface area contributed by atoms with E-state index in [1.807, 2.05) is 0 Å². The zero-order valence-corrected chi connectivity index (χ0v) is 18.9. The lowest BCUT2D eigenvalue weighted by atomic mass is 9.95. The van der Waals surface area contributed by atoms with E-state index in [-0.39, 0.29) is 28.4 Å². The van der Waals surface area contributed by atoms with Gasteiger partial charge in [-0.1, -0.05) is 6.07 Å². The molecule has 0 radical (unpaired) electrons. The van der Waals surface area contributed by atoms with Crippen LogP contribution in [0, 0.1) is 12.7 Å². The van der Waals surface area contributed by atoms with Gasteiger partial charge in [-0.25, -0.2) is 14.4 Å². The summed E-state index contributed by atoms with van der Waals surface area (Å²) in [6.45, 7) is 5.79. The molecule has 3 aromatic heterocycles. The number of alkyl halides is 3. The number of piperidine rings is 1. The van der Waals surface area contributed by atoms with Crippen LogP contribution in [0.25, 0.3) is 5.65 Å². The molecular weight excluding hydrogens is 454 g/mol. The maximum Gasteiger partial charge on any atom is 0.433 e. The average molecular weight is 479 g/mol. The first-order chi connectivity index (χ1) is 15.9. The minimum absolute atomic E-state index is 0.00275. The third-order valence-corrected chi connectivity index (χ3v) is 5.92. The number of halogens is 4. The summed E-state index contributed by atoms with van der Waals surface area (Å²) in [7, 11) is 0. The second-order valence-electron chi connectivity index (χ2n) is 9.03. The van der Waals surface area contributed by atoms with Crippen molar-refractivity contribution >= 4 is 17.2 Å². The molecule has 1 aliphatic heterocycles. The Balaban J connectivity index is 1.78. The maximum absolute atomic E-state index is 15.6. The zero-order valence-electron chi connectivity index (χ0n) is 18.9. The average Bonchev–Trinajstić information content (AvgIpc) is 3.17. The Labute approximate surface area is 193 Å². The van der Waals surface area contributed by atoms with Gasteiger partial charge in [-0.3, -0.25) is 4.79 Å². The third kappa shape index (κ3) is 4.62. The number of carbonyl (C=O) groups excluding carboxylic acids is 1. The molecule has 0 saturated carbocycles. The van der Waals surface area contributed by atoms with Crippen molar-refractivity contribution in [3.8, 4) is 0 Å². The van der Waals surface area contributed by atoms with Crippen LogP contribution in [0.1, 0.15) is 65.6 Å². The van der Waals surface area contributed by atoms with Gasteiger partial charge in [0, 0.05) is 23.9 Å². The highest BCUT2D eigenvalue weighted by molar-refractivity contribution is 6.04. The van der Waals surface area contributed by atoms with Crippen LogP contribution in [0.4, 0.5) is 23.2 Å². The predicted octanol–water partition coefficient (Wildman–Crippen LogP) is 4.14. The number of aliphatic hydroxyl groups is 1. The molecule has 0 spiro atoms. The number of aromatic nitrogens is 3. The molecule has 1 saturated heterocycles. The minimum atomic E-state index is -4.73. The van der Waals surface area contributed by atoms with Crippen LogP contribution >= 0.6 is 0 Å². The van der Waals surface area contributed by atoms with Crippen molar-refractivity contribution in [1.29, 1.82) is 0 Å². The molecule has 3 N–H and O–H groups in total. The van der Waals surface area contributed by atoms with Crippen molar-refractivity contribution in [3.05, 3.63) is 58.6 Å². The van der Waals surface area contributed by atoms with E-state index in [0.717, 1.165) is 38.1 Å². The summed E-state index contributed by atoms with van der Waals surface area (Å²) in [6.07, 6.45) is 0.0336. The van der Waals surface area contributed by atoms with Gasteiger partial charge in [-0.15, -0.1) is 0 Å². The van der Waals surface area contributed by atoms with E-state index < -0.39 is 34.9 Å². The zero-order chi connectivity index (χ0) is 24.8. The van der Waals surface area contributed by atoms with Gasteiger partial charge in [0.2, 0.25) is 0 Å². The number of pyridine rings is 2. The lowest BCUT2D eigenvalue weighted by Crippen LogP contribution is -2.26. The van der Waals surface area contributed by atoms with Crippen molar-refractivity contribution in [3.63, 3.8) is 0 Å². The molecule has 1 fully saturated rings. The highest BCUT2D eigenvalue weighted by atomic mass is 19.4. The summed E-state index contributed by atoms with van der Waals surface area (Å²) < 4.78 is 56.3. The van der Waals surface area contributed by atoms with Crippen molar-refractivity contribution in [2.24, 2.45) is 0 Å². The summed E-state index contributed by atoms with van der Waals surface area (Å²) in [6, 6.07) is 1.93. The fourth-order valence-corrected chi connectivity index (χ4v) is 4.21. The first-order valence-corrected chi connectivity index (χ1v) is 10.9. The van der Waals surface area contributed by atoms with Gasteiger partial charge in [0.05, 0.1) is 17.0 Å². The van der Waals surface area contributed by atoms with Crippen LogP contribution in [0.15, 0.2) is 24.5 Å². The van der Waals surface area contributed by atoms with Crippen LogP contribution < -0.4 is 10.6 Å². The summed E-state index contributed by atoms with van der Waals surface area (Å²) in [5, 5.41) is 16.4. The normalized spacial score (nSPS) is 15.6. The molecule has 7 nitrogen and oxygen atoms in total. The molecule has 11 heteroatoms. The van der Waals surface area contributed by atoms with E-state index in [0.29, 0.717) is 5.69 Å². The number of hydrogen-bond acceptors (Lipinski definition) is 5. The highest BCUT2D eigenvalue weighted by Crippen LogP contribution is 2.35. The maximum atomic E-state index is 15.6. The fourth-order valence-electron chi connectivity index (χ4n) is 4.21. The Morgan fingerprint density at radius 2 is 1.85 bits per heavy atom. The van der Waals surface area contributed by atoms with Crippen molar-refractivity contribution in [1.82, 2.24) is 19.7 Å². The lowest BCUT2D eigenvalue weighted by Gasteiger charge is -2.23. The largest absolute Gasteiger partial charge is 0.433 e. The molecule has 1 amide bonds. The summed E-state index contributed by atoms with van der Waals surface area (Å²) in [5.41, 5.74) is -2.78. The van der Waals surface area contributed by atoms with Crippen LogP contribution in [0.3, 0.4) is 0 Å². The van der Waals surface area contributed by atoms with Crippen molar-refractivity contribution in [2.75, 3.05) is 18.4 Å². The number of anilines is 1. The summed E-state index contributed by atoms with van der Waals surface area (Å²) in [4.78, 5) is 20.8. The molecule has 0 unspecified atom stereocenters. The Bertz CT molecular complexity index is 1240. The lowest BCUT2D eigenvalue weighted by molar-refractivity contribution is -0.141. The van der Waals surface area contributed by atoms with Crippen LogP contribution in [0.5, 0.6) is 0 Å². The standard InChI is InChI=1S/C23H25F4N5O2/c1-12-4-5-16(23(25,26)27)31-19(12)21(33)30-15-11-32-10-14(13-6-8-28-9-7-13)29-20(32)18(24)17(15)22(2,3)34/h4-5,10-11,13,28,34H,6-9H2,1-3H3,(H,30,33). The molecule has 3 aromatic rings. The Morgan fingerprint density at radius 1 is 1.18 bits per heavy atom. The van der Waals surface area contributed by atoms with Gasteiger partial charge in [0.1, 0.15) is 11.4 Å². The Morgan fingerprint density at radius 3 is 2.47 bits per heavy atom. The fraction of sp³-hybridized carbons (Fsp3) is 0.435. The van der Waals surface area contributed by atoms with Crippen molar-refractivity contribution in [2.45, 2.75) is 51.3 Å². The van der Waals surface area contributed by atoms with E-state index in [4.69, 9.17) is 0 Å². The number of amides is 1. The number of carbonyl (C=O) groups is 1. The van der Waals surface area contributed by atoms with E-state index in [1.165, 1.54) is 31.4 Å². The van der Waals surface area contributed by atoms with Crippen molar-refractivity contribution < 1.29 is 27.5 Å². The SMILES string of the molecule is Cc1ccc(C(F)(F)F)nc1C(=O)Nc1cn2cc(C3CCNCC3)nc2c(F)c1C(C)(C)O. The van der Waals surface area contributed by atoms with E-state index in [9.17, 15) is 23.1 Å². The molecular formula is C23H25F4N5O2. The quantitative estimate of drug-likeness (QED) is 0.490. The third-order valence-electron chi connectivity index (χ3n) is 5.92. The van der Waals surface area contributed by atoms with Gasteiger partial charge in [0.15, 0.2) is 11.5 Å². The van der Waals surface area contributed by atoms with E-state index in [1.54, 1.807) is 6.20 Å². The Hall–Kier alpha value is -3.05. The molecule has 0 aliphatic carbocycles. The molecule has 0 aromatic carbocycles. The molecule has 0 atom stereocenters. The first kappa shape index (κ1) is 24.1. The molecule has 4 heterocycles. The number of rotatable bonds is 4. The minimum Gasteiger partial charge on any atom is -0.386 e. The Kier molecular flexibility index (Phi) is 6.11. The topological polar surface area (TPSA) is 91.6 Å². The second-order valence-corrected chi connectivity index (χ2v) is 9.03. The van der Waals surface area contributed by atoms with Gasteiger partial charge >= 0.3 is 6.18 Å². The van der Waals surface area contributed by atoms with Gasteiger partial charge < -0.3 is 20.1 Å². The highest BCUT2D eigenvalue weighted by Gasteiger charge is 2.34. The second kappa shape index (κ2) is 8.62. The molecule has 1 aliphatic rings. The van der Waals surface area contributed by atoms with Gasteiger partial charge in [0.25, 0.3) is 5.91 Å². The summed E-state index contributed by atoms with van der Waals surface area (Å²) >= 11 is 0. The van der Waals surface area contributed by atoms with Crippen LogP contribution in [-0.4, -0.2) is 38.5 Å². The van der Waals surface area contributed by atoms with E-state index in [2.05, 4.69) is 20.6 Å². The number of nitrogens with one attached hydrogen (secondary N) is 2. The molecule has 34 heavy (non-hydrogen) atoms. The number of imidazole rings is 1. The molecule has 4 rings (SSSR count). The van der Waals surface area contributed by atoms with Gasteiger partial charge in [-0.05, 0) is 58.3 Å². The molecule has 182 valence electrons. The van der Waals surface area contributed by atoms with E-state index >= 15 is 4.39 Å². The number of fused-ring (bicyclic) bond motifs is 1. The smallest absolute Gasteiger partial charge is 0.386 e. The molecule has 0 bridgehead atoms. The summed E-state index contributed by atoms with van der Waals surface area (Å²) in [5.74, 6) is -1.63. The monoisotopic (exact) mass is 479 g/mol. The van der Waals surface area contributed by atoms with Crippen LogP contribution in [-0.2, 0) is 11.8 Å².